The molecule has 0 saturated heterocycles. The Morgan fingerprint density at radius 2 is 1.67 bits per heavy atom. The second-order valence-electron chi connectivity index (χ2n) is 3.51. The summed E-state index contributed by atoms with van der Waals surface area (Å²) in [5.74, 6) is 0.167. The van der Waals surface area contributed by atoms with Crippen molar-refractivity contribution in [3.8, 4) is 0 Å². The summed E-state index contributed by atoms with van der Waals surface area (Å²) >= 11 is 6.90. The minimum atomic E-state index is -0.402. The van der Waals surface area contributed by atoms with Gasteiger partial charge in [0.25, 0.3) is 0 Å². The molecule has 82 valence electrons. The number of ketones is 1. The quantitative estimate of drug-likeness (QED) is 0.582. The Bertz CT molecular complexity index is 339. The first-order chi connectivity index (χ1) is 7.03. The number of hydrogen-bond acceptors (Lipinski definition) is 1. The van der Waals surface area contributed by atoms with Gasteiger partial charge in [-0.1, -0.05) is 57.8 Å². The van der Waals surface area contributed by atoms with Crippen molar-refractivity contribution in [1.82, 2.24) is 0 Å². The molecule has 0 N–H and O–H groups in total. The lowest BCUT2D eigenvalue weighted by Crippen LogP contribution is -2.30. The van der Waals surface area contributed by atoms with E-state index in [9.17, 15) is 4.79 Å². The van der Waals surface area contributed by atoms with Crippen LogP contribution < -0.4 is 0 Å². The van der Waals surface area contributed by atoms with Crippen LogP contribution in [0, 0.1) is 0 Å². The first-order valence-electron chi connectivity index (χ1n) is 5.02. The van der Waals surface area contributed by atoms with E-state index in [1.165, 1.54) is 0 Å². The third-order valence-electron chi connectivity index (χ3n) is 2.63. The number of halogens is 2. The zero-order valence-electron chi connectivity index (χ0n) is 8.89. The van der Waals surface area contributed by atoms with Crippen LogP contribution in [0.5, 0.6) is 0 Å². The topological polar surface area (TPSA) is 17.1 Å². The van der Waals surface area contributed by atoms with Crippen LogP contribution in [-0.2, 0) is 0 Å². The van der Waals surface area contributed by atoms with Gasteiger partial charge in [0, 0.05) is 10.0 Å². The number of rotatable bonds is 4. The highest BCUT2D eigenvalue weighted by Gasteiger charge is 2.31. The van der Waals surface area contributed by atoms with E-state index in [0.29, 0.717) is 0 Å². The first-order valence-corrected chi connectivity index (χ1v) is 6.61. The van der Waals surface area contributed by atoms with Gasteiger partial charge >= 0.3 is 0 Å². The number of Topliss-reactive ketones (excluding diaryl/α,β-unsaturated/α-hetero) is 1. The fourth-order valence-electron chi connectivity index (χ4n) is 1.43. The molecule has 0 atom stereocenters. The highest BCUT2D eigenvalue weighted by atomic mass is 79.9. The van der Waals surface area contributed by atoms with Gasteiger partial charge in [-0.25, -0.2) is 0 Å². The molecule has 0 heterocycles. The molecule has 0 fully saturated rings. The Labute approximate surface area is 108 Å². The Hall–Kier alpha value is -0.150. The van der Waals surface area contributed by atoms with Crippen molar-refractivity contribution in [2.75, 3.05) is 0 Å². The third kappa shape index (κ3) is 2.91. The molecule has 1 aromatic carbocycles. The zero-order valence-corrected chi connectivity index (χ0v) is 12.1. The van der Waals surface area contributed by atoms with Gasteiger partial charge in [0.2, 0.25) is 0 Å². The van der Waals surface area contributed by atoms with Crippen molar-refractivity contribution in [3.05, 3.63) is 34.3 Å². The SMILES string of the molecule is CCC(Br)(CC)C(=O)c1ccc(Br)cc1. The summed E-state index contributed by atoms with van der Waals surface area (Å²) in [6.45, 7) is 4.05. The normalized spacial score (nSPS) is 11.5. The molecule has 3 heteroatoms. The fraction of sp³-hybridized carbons (Fsp3) is 0.417. The molecule has 0 radical (unpaired) electrons. The van der Waals surface area contributed by atoms with Crippen molar-refractivity contribution >= 4 is 37.6 Å². The zero-order chi connectivity index (χ0) is 11.5. The molecule has 0 aliphatic rings. The molecule has 0 aromatic heterocycles. The maximum atomic E-state index is 12.2. The van der Waals surface area contributed by atoms with Crippen molar-refractivity contribution in [2.24, 2.45) is 0 Å². The lowest BCUT2D eigenvalue weighted by molar-refractivity contribution is 0.0941. The van der Waals surface area contributed by atoms with Crippen molar-refractivity contribution in [2.45, 2.75) is 31.0 Å². The molecular formula is C12H14Br2O. The first kappa shape index (κ1) is 12.9. The van der Waals surface area contributed by atoms with E-state index in [-0.39, 0.29) is 5.78 Å². The molecule has 0 bridgehead atoms. The van der Waals surface area contributed by atoms with E-state index in [1.54, 1.807) is 0 Å². The Kier molecular flexibility index (Phi) is 4.53. The lowest BCUT2D eigenvalue weighted by Gasteiger charge is -2.22. The second-order valence-corrected chi connectivity index (χ2v) is 5.94. The number of carbonyl (C=O) groups is 1. The van der Waals surface area contributed by atoms with E-state index in [4.69, 9.17) is 0 Å². The van der Waals surface area contributed by atoms with Gasteiger partial charge in [-0.2, -0.15) is 0 Å². The lowest BCUT2D eigenvalue weighted by atomic mass is 9.93. The average molecular weight is 334 g/mol. The average Bonchev–Trinajstić information content (AvgIpc) is 2.28. The molecular weight excluding hydrogens is 320 g/mol. The largest absolute Gasteiger partial charge is 0.293 e. The minimum absolute atomic E-state index is 0.167. The van der Waals surface area contributed by atoms with Gasteiger partial charge in [-0.05, 0) is 25.0 Å². The highest BCUT2D eigenvalue weighted by molar-refractivity contribution is 9.10. The number of alkyl halides is 1. The van der Waals surface area contributed by atoms with Crippen LogP contribution in [0.15, 0.2) is 28.7 Å². The predicted molar refractivity (Wildman–Crippen MR) is 70.7 cm³/mol. The van der Waals surface area contributed by atoms with Crippen LogP contribution in [-0.4, -0.2) is 10.1 Å². The monoisotopic (exact) mass is 332 g/mol. The fourth-order valence-corrected chi connectivity index (χ4v) is 1.92. The third-order valence-corrected chi connectivity index (χ3v) is 4.64. The molecule has 0 spiro atoms. The summed E-state index contributed by atoms with van der Waals surface area (Å²) in [6.07, 6.45) is 1.61. The Morgan fingerprint density at radius 1 is 1.20 bits per heavy atom. The summed E-state index contributed by atoms with van der Waals surface area (Å²) < 4.78 is 0.591. The molecule has 0 unspecified atom stereocenters. The van der Waals surface area contributed by atoms with Gasteiger partial charge < -0.3 is 0 Å². The molecule has 0 aliphatic heterocycles. The maximum Gasteiger partial charge on any atom is 0.179 e. The maximum absolute atomic E-state index is 12.2. The standard InChI is InChI=1S/C12H14Br2O/c1-3-12(14,4-2)11(15)9-5-7-10(13)8-6-9/h5-8H,3-4H2,1-2H3. The summed E-state index contributed by atoms with van der Waals surface area (Å²) in [4.78, 5) is 12.2. The van der Waals surface area contributed by atoms with Crippen molar-refractivity contribution in [3.63, 3.8) is 0 Å². The van der Waals surface area contributed by atoms with Crippen LogP contribution in [0.4, 0.5) is 0 Å². The van der Waals surface area contributed by atoms with Crippen LogP contribution in [0.1, 0.15) is 37.0 Å². The van der Waals surface area contributed by atoms with Gasteiger partial charge in [-0.3, -0.25) is 4.79 Å². The predicted octanol–water partition coefficient (Wildman–Crippen LogP) is 4.59. The second kappa shape index (κ2) is 5.26. The minimum Gasteiger partial charge on any atom is -0.293 e. The molecule has 0 amide bonds. The smallest absolute Gasteiger partial charge is 0.179 e. The highest BCUT2D eigenvalue weighted by Crippen LogP contribution is 2.31. The van der Waals surface area contributed by atoms with Crippen LogP contribution in [0.25, 0.3) is 0 Å². The molecule has 1 nitrogen and oxygen atoms in total. The molecule has 0 saturated carbocycles. The Morgan fingerprint density at radius 3 is 2.07 bits per heavy atom. The molecule has 15 heavy (non-hydrogen) atoms. The number of hydrogen-bond donors (Lipinski definition) is 0. The van der Waals surface area contributed by atoms with Gasteiger partial charge in [0.15, 0.2) is 5.78 Å². The van der Waals surface area contributed by atoms with Crippen molar-refractivity contribution < 1.29 is 4.79 Å². The van der Waals surface area contributed by atoms with E-state index in [1.807, 2.05) is 38.1 Å². The van der Waals surface area contributed by atoms with E-state index < -0.39 is 4.32 Å². The van der Waals surface area contributed by atoms with Crippen LogP contribution in [0.3, 0.4) is 0 Å². The van der Waals surface area contributed by atoms with Crippen LogP contribution >= 0.6 is 31.9 Å². The van der Waals surface area contributed by atoms with Gasteiger partial charge in [-0.15, -0.1) is 0 Å². The van der Waals surface area contributed by atoms with E-state index >= 15 is 0 Å². The van der Waals surface area contributed by atoms with E-state index in [0.717, 1.165) is 22.9 Å². The summed E-state index contributed by atoms with van der Waals surface area (Å²) in [5.41, 5.74) is 0.763. The number of carbonyl (C=O) groups excluding carboxylic acids is 1. The van der Waals surface area contributed by atoms with E-state index in [2.05, 4.69) is 31.9 Å². The molecule has 0 aliphatic carbocycles. The summed E-state index contributed by atoms with van der Waals surface area (Å²) in [5, 5.41) is 0. The summed E-state index contributed by atoms with van der Waals surface area (Å²) in [6, 6.07) is 7.50. The molecule has 1 aromatic rings. The van der Waals surface area contributed by atoms with Crippen molar-refractivity contribution in [1.29, 1.82) is 0 Å². The van der Waals surface area contributed by atoms with Gasteiger partial charge in [0.1, 0.15) is 0 Å². The molecule has 1 rings (SSSR count). The number of benzene rings is 1. The Balaban J connectivity index is 2.98. The summed E-state index contributed by atoms with van der Waals surface area (Å²) in [7, 11) is 0. The van der Waals surface area contributed by atoms with Gasteiger partial charge in [0.05, 0.1) is 4.32 Å². The van der Waals surface area contributed by atoms with Crippen LogP contribution in [0.2, 0.25) is 0 Å².